The summed E-state index contributed by atoms with van der Waals surface area (Å²) in [5, 5.41) is 37.9. The summed E-state index contributed by atoms with van der Waals surface area (Å²) in [7, 11) is 0. The Bertz CT molecular complexity index is 1290. The zero-order chi connectivity index (χ0) is 23.8. The Kier molecular flexibility index (Phi) is 6.18. The number of aryl methyl sites for hydroxylation is 2. The Labute approximate surface area is 201 Å². The van der Waals surface area contributed by atoms with Gasteiger partial charge in [-0.05, 0) is 50.1 Å². The number of rotatable bonds is 6. The van der Waals surface area contributed by atoms with Gasteiger partial charge in [0.1, 0.15) is 16.9 Å². The van der Waals surface area contributed by atoms with E-state index in [4.69, 9.17) is 15.0 Å². The number of aliphatic hydroxyl groups excluding tert-OH is 3. The predicted molar refractivity (Wildman–Crippen MR) is 134 cm³/mol. The van der Waals surface area contributed by atoms with Crippen LogP contribution in [0.25, 0.3) is 20.8 Å². The van der Waals surface area contributed by atoms with Gasteiger partial charge in [-0.25, -0.2) is 9.97 Å². The Morgan fingerprint density at radius 3 is 2.56 bits per heavy atom. The Morgan fingerprint density at radius 2 is 1.82 bits per heavy atom. The van der Waals surface area contributed by atoms with Crippen LogP contribution in [-0.2, 0) is 0 Å². The van der Waals surface area contributed by atoms with E-state index in [1.165, 1.54) is 0 Å². The van der Waals surface area contributed by atoms with Crippen molar-refractivity contribution in [3.63, 3.8) is 0 Å². The van der Waals surface area contributed by atoms with Crippen LogP contribution in [0.3, 0.4) is 0 Å². The number of benzene rings is 2. The van der Waals surface area contributed by atoms with Crippen LogP contribution in [0, 0.1) is 19.8 Å². The second-order valence-electron chi connectivity index (χ2n) is 8.75. The van der Waals surface area contributed by atoms with Gasteiger partial charge in [-0.15, -0.1) is 11.3 Å². The molecule has 2 heterocycles. The van der Waals surface area contributed by atoms with Crippen molar-refractivity contribution < 1.29 is 15.3 Å². The van der Waals surface area contributed by atoms with E-state index in [1.54, 1.807) is 11.3 Å². The van der Waals surface area contributed by atoms with Crippen LogP contribution in [0.1, 0.15) is 17.7 Å². The van der Waals surface area contributed by atoms with Gasteiger partial charge in [0.05, 0.1) is 33.6 Å². The molecule has 5 N–H and O–H groups in total. The molecule has 0 unspecified atom stereocenters. The number of thiazole rings is 1. The van der Waals surface area contributed by atoms with E-state index in [1.807, 2.05) is 62.4 Å². The fourth-order valence-electron chi connectivity index (χ4n) is 4.44. The fourth-order valence-corrected chi connectivity index (χ4v) is 5.51. The first-order valence-electron chi connectivity index (χ1n) is 11.2. The van der Waals surface area contributed by atoms with E-state index in [0.717, 1.165) is 37.7 Å². The van der Waals surface area contributed by atoms with E-state index in [2.05, 4.69) is 10.6 Å². The minimum absolute atomic E-state index is 0.190. The maximum Gasteiger partial charge on any atom is 0.229 e. The largest absolute Gasteiger partial charge is 0.396 e. The van der Waals surface area contributed by atoms with E-state index in [0.29, 0.717) is 18.2 Å². The summed E-state index contributed by atoms with van der Waals surface area (Å²) in [4.78, 5) is 14.3. The molecule has 0 saturated heterocycles. The summed E-state index contributed by atoms with van der Waals surface area (Å²) in [6.07, 6.45) is -1.60. The van der Waals surface area contributed by atoms with Crippen LogP contribution in [0.4, 0.5) is 17.5 Å². The minimum atomic E-state index is -1.02. The zero-order valence-corrected chi connectivity index (χ0v) is 19.8. The molecule has 2 aromatic heterocycles. The first-order chi connectivity index (χ1) is 16.4. The molecule has 9 heteroatoms. The van der Waals surface area contributed by atoms with Crippen LogP contribution in [0.5, 0.6) is 0 Å². The molecule has 1 aliphatic rings. The normalized spacial score (nSPS) is 22.3. The maximum absolute atomic E-state index is 10.6. The van der Waals surface area contributed by atoms with Crippen LogP contribution in [0.2, 0.25) is 0 Å². The van der Waals surface area contributed by atoms with Crippen molar-refractivity contribution in [3.05, 3.63) is 59.8 Å². The van der Waals surface area contributed by atoms with Crippen molar-refractivity contribution >= 4 is 39.0 Å². The molecule has 5 rings (SSSR count). The van der Waals surface area contributed by atoms with Gasteiger partial charge in [0.2, 0.25) is 5.95 Å². The van der Waals surface area contributed by atoms with Crippen molar-refractivity contribution in [1.82, 2.24) is 15.0 Å². The Hall–Kier alpha value is -3.11. The molecule has 0 bridgehead atoms. The topological polar surface area (TPSA) is 123 Å². The molecule has 1 saturated carbocycles. The van der Waals surface area contributed by atoms with Crippen LogP contribution >= 0.6 is 11.3 Å². The molecule has 34 heavy (non-hydrogen) atoms. The standard InChI is InChI=1S/C25H27N5O3S/c1-13-6-5-7-16(10-13)27-25-26-14(2)20(24-29-17-8-3-4-9-19(17)34-24)23(30-25)28-18-11-15(12-31)21(32)22(18)33/h3-10,15,18,21-22,31-33H,11-12H2,1-2H3,(H2,26,27,28,30)/t15-,18-,21-,22+/m1/s1. The van der Waals surface area contributed by atoms with Crippen molar-refractivity contribution in [1.29, 1.82) is 0 Å². The van der Waals surface area contributed by atoms with Gasteiger partial charge in [0.25, 0.3) is 0 Å². The number of hydrogen-bond donors (Lipinski definition) is 5. The Balaban J connectivity index is 1.57. The van der Waals surface area contributed by atoms with E-state index >= 15 is 0 Å². The molecule has 2 aromatic carbocycles. The molecule has 1 aliphatic carbocycles. The van der Waals surface area contributed by atoms with Gasteiger partial charge in [-0.3, -0.25) is 0 Å². The molecular formula is C25H27N5O3S. The highest BCUT2D eigenvalue weighted by Gasteiger charge is 2.41. The van der Waals surface area contributed by atoms with Gasteiger partial charge in [-0.2, -0.15) is 4.98 Å². The van der Waals surface area contributed by atoms with Crippen LogP contribution in [-0.4, -0.2) is 55.1 Å². The summed E-state index contributed by atoms with van der Waals surface area (Å²) < 4.78 is 1.06. The number of aromatic nitrogens is 3. The van der Waals surface area contributed by atoms with Crippen molar-refractivity contribution in [2.24, 2.45) is 5.92 Å². The first kappa shape index (κ1) is 22.7. The second kappa shape index (κ2) is 9.27. The third kappa shape index (κ3) is 4.35. The fraction of sp³-hybridized carbons (Fsp3) is 0.320. The van der Waals surface area contributed by atoms with Gasteiger partial charge in [0, 0.05) is 18.2 Å². The van der Waals surface area contributed by atoms with Crippen LogP contribution < -0.4 is 10.6 Å². The quantitative estimate of drug-likeness (QED) is 0.285. The number of aliphatic hydroxyl groups is 3. The molecule has 8 nitrogen and oxygen atoms in total. The molecular weight excluding hydrogens is 450 g/mol. The van der Waals surface area contributed by atoms with Crippen molar-refractivity contribution in [2.75, 3.05) is 17.2 Å². The number of para-hydroxylation sites is 1. The van der Waals surface area contributed by atoms with Crippen LogP contribution in [0.15, 0.2) is 48.5 Å². The van der Waals surface area contributed by atoms with Gasteiger partial charge in [0.15, 0.2) is 0 Å². The average Bonchev–Trinajstić information content (AvgIpc) is 3.35. The molecule has 1 fully saturated rings. The third-order valence-electron chi connectivity index (χ3n) is 6.23. The molecule has 176 valence electrons. The second-order valence-corrected chi connectivity index (χ2v) is 9.78. The van der Waals surface area contributed by atoms with Crippen molar-refractivity contribution in [3.8, 4) is 10.6 Å². The monoisotopic (exact) mass is 477 g/mol. The number of fused-ring (bicyclic) bond motifs is 1. The molecule has 0 radical (unpaired) electrons. The number of anilines is 3. The first-order valence-corrected chi connectivity index (χ1v) is 12.1. The average molecular weight is 478 g/mol. The summed E-state index contributed by atoms with van der Waals surface area (Å²) in [5.74, 6) is 0.546. The molecule has 4 aromatic rings. The highest BCUT2D eigenvalue weighted by molar-refractivity contribution is 7.21. The van der Waals surface area contributed by atoms with Gasteiger partial charge < -0.3 is 26.0 Å². The minimum Gasteiger partial charge on any atom is -0.396 e. The van der Waals surface area contributed by atoms with Gasteiger partial charge >= 0.3 is 0 Å². The highest BCUT2D eigenvalue weighted by Crippen LogP contribution is 2.38. The third-order valence-corrected chi connectivity index (χ3v) is 7.28. The number of nitrogens with zero attached hydrogens (tertiary/aromatic N) is 3. The summed E-state index contributed by atoms with van der Waals surface area (Å²) >= 11 is 1.55. The maximum atomic E-state index is 10.6. The van der Waals surface area contributed by atoms with E-state index in [9.17, 15) is 15.3 Å². The number of nitrogens with one attached hydrogen (secondary N) is 2. The molecule has 0 amide bonds. The summed E-state index contributed by atoms with van der Waals surface area (Å²) in [5.41, 5.74) is 4.37. The van der Waals surface area contributed by atoms with E-state index in [-0.39, 0.29) is 6.61 Å². The molecule has 0 spiro atoms. The Morgan fingerprint density at radius 1 is 1.00 bits per heavy atom. The summed E-state index contributed by atoms with van der Waals surface area (Å²) in [6, 6.07) is 15.4. The predicted octanol–water partition coefficient (Wildman–Crippen LogP) is 3.63. The molecule has 0 aliphatic heterocycles. The zero-order valence-electron chi connectivity index (χ0n) is 18.9. The SMILES string of the molecule is Cc1cccc(Nc2nc(C)c(-c3nc4ccccc4s3)c(N[C@@H]3C[C@H](CO)[C@@H](O)[C@H]3O)n2)c1. The van der Waals surface area contributed by atoms with E-state index < -0.39 is 24.2 Å². The molecule has 4 atom stereocenters. The lowest BCUT2D eigenvalue weighted by Crippen LogP contribution is -2.35. The van der Waals surface area contributed by atoms with Gasteiger partial charge in [-0.1, -0.05) is 24.3 Å². The summed E-state index contributed by atoms with van der Waals surface area (Å²) in [6.45, 7) is 3.74. The highest BCUT2D eigenvalue weighted by atomic mass is 32.1. The lowest BCUT2D eigenvalue weighted by molar-refractivity contribution is 0.00446. The number of hydrogen-bond acceptors (Lipinski definition) is 9. The smallest absolute Gasteiger partial charge is 0.229 e. The lowest BCUT2D eigenvalue weighted by Gasteiger charge is -2.21. The lowest BCUT2D eigenvalue weighted by atomic mass is 10.1. The van der Waals surface area contributed by atoms with Crippen molar-refractivity contribution in [2.45, 2.75) is 38.5 Å².